The van der Waals surface area contributed by atoms with E-state index in [0.717, 1.165) is 38.2 Å². The van der Waals surface area contributed by atoms with Crippen LogP contribution in [0.15, 0.2) is 18.6 Å². The summed E-state index contributed by atoms with van der Waals surface area (Å²) in [6, 6.07) is 0.164. The van der Waals surface area contributed by atoms with E-state index in [1.807, 2.05) is 4.90 Å². The molecule has 1 aromatic heterocycles. The second kappa shape index (κ2) is 8.36. The van der Waals surface area contributed by atoms with Crippen LogP contribution in [0.5, 0.6) is 0 Å². The molecule has 1 aromatic rings. The highest BCUT2D eigenvalue weighted by Crippen LogP contribution is 2.15. The standard InChI is InChI=1S/C17H26N4O2/c22-17(5-10-20-8-1-2-9-20)21-11-12-23-14-16(21)4-3-15-13-18-6-7-19-15/h6-7,13,16H,1-5,8-12,14H2/t16-/m0/s1. The molecule has 1 atom stereocenters. The lowest BCUT2D eigenvalue weighted by Crippen LogP contribution is -2.49. The molecule has 6 nitrogen and oxygen atoms in total. The summed E-state index contributed by atoms with van der Waals surface area (Å²) in [5, 5.41) is 0. The molecule has 3 rings (SSSR count). The highest BCUT2D eigenvalue weighted by molar-refractivity contribution is 5.76. The minimum Gasteiger partial charge on any atom is -0.377 e. The van der Waals surface area contributed by atoms with E-state index in [9.17, 15) is 4.79 Å². The largest absolute Gasteiger partial charge is 0.377 e. The highest BCUT2D eigenvalue weighted by atomic mass is 16.5. The van der Waals surface area contributed by atoms with Gasteiger partial charge < -0.3 is 14.5 Å². The lowest BCUT2D eigenvalue weighted by atomic mass is 10.1. The van der Waals surface area contributed by atoms with Crippen LogP contribution < -0.4 is 0 Å². The maximum absolute atomic E-state index is 12.6. The number of nitrogens with zero attached hydrogens (tertiary/aromatic N) is 4. The molecule has 0 N–H and O–H groups in total. The van der Waals surface area contributed by atoms with Crippen LogP contribution in [0.1, 0.15) is 31.4 Å². The predicted octanol–water partition coefficient (Wildman–Crippen LogP) is 1.12. The van der Waals surface area contributed by atoms with E-state index in [2.05, 4.69) is 14.9 Å². The van der Waals surface area contributed by atoms with Crippen molar-refractivity contribution >= 4 is 5.91 Å². The Labute approximate surface area is 137 Å². The van der Waals surface area contributed by atoms with E-state index in [1.165, 1.54) is 12.8 Å². The molecular formula is C17H26N4O2. The summed E-state index contributed by atoms with van der Waals surface area (Å²) in [6.45, 7) is 5.18. The van der Waals surface area contributed by atoms with Crippen molar-refractivity contribution in [3.8, 4) is 0 Å². The van der Waals surface area contributed by atoms with Crippen molar-refractivity contribution in [1.82, 2.24) is 19.8 Å². The molecule has 0 saturated carbocycles. The molecule has 0 bridgehead atoms. The van der Waals surface area contributed by atoms with Gasteiger partial charge in [0, 0.05) is 38.1 Å². The first-order valence-corrected chi connectivity index (χ1v) is 8.67. The van der Waals surface area contributed by atoms with Gasteiger partial charge in [0.15, 0.2) is 0 Å². The average molecular weight is 318 g/mol. The maximum Gasteiger partial charge on any atom is 0.224 e. The lowest BCUT2D eigenvalue weighted by molar-refractivity contribution is -0.140. The summed E-state index contributed by atoms with van der Waals surface area (Å²) in [4.78, 5) is 25.4. The first-order valence-electron chi connectivity index (χ1n) is 8.67. The van der Waals surface area contributed by atoms with Crippen LogP contribution in [0, 0.1) is 0 Å². The van der Waals surface area contributed by atoms with Gasteiger partial charge in [0.05, 0.1) is 24.9 Å². The Kier molecular flexibility index (Phi) is 5.93. The van der Waals surface area contributed by atoms with Crippen LogP contribution in [0.4, 0.5) is 0 Å². The number of hydrogen-bond donors (Lipinski definition) is 0. The van der Waals surface area contributed by atoms with Gasteiger partial charge in [-0.15, -0.1) is 0 Å². The number of likely N-dealkylation sites (tertiary alicyclic amines) is 1. The monoisotopic (exact) mass is 318 g/mol. The first kappa shape index (κ1) is 16.3. The number of carbonyl (C=O) groups excluding carboxylic acids is 1. The van der Waals surface area contributed by atoms with Crippen molar-refractivity contribution < 1.29 is 9.53 Å². The fourth-order valence-electron chi connectivity index (χ4n) is 3.40. The molecule has 0 spiro atoms. The van der Waals surface area contributed by atoms with E-state index in [-0.39, 0.29) is 11.9 Å². The van der Waals surface area contributed by atoms with Crippen LogP contribution >= 0.6 is 0 Å². The van der Waals surface area contributed by atoms with Crippen molar-refractivity contribution in [3.63, 3.8) is 0 Å². The summed E-state index contributed by atoms with van der Waals surface area (Å²) in [7, 11) is 0. The van der Waals surface area contributed by atoms with E-state index in [1.54, 1.807) is 18.6 Å². The lowest BCUT2D eigenvalue weighted by Gasteiger charge is -2.36. The Bertz CT molecular complexity index is 491. The van der Waals surface area contributed by atoms with Gasteiger partial charge in [0.2, 0.25) is 5.91 Å². The minimum absolute atomic E-state index is 0.164. The number of ether oxygens (including phenoxy) is 1. The number of amides is 1. The number of carbonyl (C=O) groups is 1. The molecule has 23 heavy (non-hydrogen) atoms. The molecule has 2 saturated heterocycles. The van der Waals surface area contributed by atoms with Crippen molar-refractivity contribution in [2.45, 2.75) is 38.1 Å². The van der Waals surface area contributed by atoms with Crippen LogP contribution in [0.2, 0.25) is 0 Å². The second-order valence-electron chi connectivity index (χ2n) is 6.35. The summed E-state index contributed by atoms with van der Waals surface area (Å²) in [5.74, 6) is 0.268. The summed E-state index contributed by atoms with van der Waals surface area (Å²) >= 11 is 0. The average Bonchev–Trinajstić information content (AvgIpc) is 3.12. The number of morpholine rings is 1. The highest BCUT2D eigenvalue weighted by Gasteiger charge is 2.27. The van der Waals surface area contributed by atoms with E-state index in [0.29, 0.717) is 26.2 Å². The molecule has 2 aliphatic heterocycles. The van der Waals surface area contributed by atoms with Crippen molar-refractivity contribution in [1.29, 1.82) is 0 Å². The topological polar surface area (TPSA) is 58.6 Å². The van der Waals surface area contributed by atoms with E-state index < -0.39 is 0 Å². The Morgan fingerprint density at radius 2 is 2.13 bits per heavy atom. The zero-order chi connectivity index (χ0) is 15.9. The van der Waals surface area contributed by atoms with Crippen LogP contribution in [-0.2, 0) is 16.0 Å². The van der Waals surface area contributed by atoms with E-state index >= 15 is 0 Å². The van der Waals surface area contributed by atoms with Crippen molar-refractivity contribution in [3.05, 3.63) is 24.3 Å². The Morgan fingerprint density at radius 1 is 1.26 bits per heavy atom. The molecule has 126 valence electrons. The molecular weight excluding hydrogens is 292 g/mol. The van der Waals surface area contributed by atoms with Gasteiger partial charge in [0.25, 0.3) is 0 Å². The summed E-state index contributed by atoms with van der Waals surface area (Å²) in [5.41, 5.74) is 0.975. The number of hydrogen-bond acceptors (Lipinski definition) is 5. The number of aromatic nitrogens is 2. The second-order valence-corrected chi connectivity index (χ2v) is 6.35. The number of rotatable bonds is 6. The Balaban J connectivity index is 1.49. The third-order valence-electron chi connectivity index (χ3n) is 4.74. The van der Waals surface area contributed by atoms with Crippen molar-refractivity contribution in [2.75, 3.05) is 39.4 Å². The Morgan fingerprint density at radius 3 is 2.91 bits per heavy atom. The van der Waals surface area contributed by atoms with Crippen LogP contribution in [0.25, 0.3) is 0 Å². The molecule has 2 fully saturated rings. The van der Waals surface area contributed by atoms with E-state index in [4.69, 9.17) is 4.74 Å². The molecule has 0 radical (unpaired) electrons. The van der Waals surface area contributed by atoms with Gasteiger partial charge >= 0.3 is 0 Å². The zero-order valence-electron chi connectivity index (χ0n) is 13.7. The van der Waals surface area contributed by atoms with Gasteiger partial charge in [-0.1, -0.05) is 0 Å². The maximum atomic E-state index is 12.6. The molecule has 1 amide bonds. The van der Waals surface area contributed by atoms with Crippen molar-refractivity contribution in [2.24, 2.45) is 0 Å². The minimum atomic E-state index is 0.164. The quantitative estimate of drug-likeness (QED) is 0.787. The fraction of sp³-hybridized carbons (Fsp3) is 0.706. The van der Waals surface area contributed by atoms with Gasteiger partial charge in [-0.3, -0.25) is 14.8 Å². The van der Waals surface area contributed by atoms with Gasteiger partial charge in [0.1, 0.15) is 0 Å². The molecule has 2 aliphatic rings. The molecule has 0 aliphatic carbocycles. The third kappa shape index (κ3) is 4.72. The third-order valence-corrected chi connectivity index (χ3v) is 4.74. The van der Waals surface area contributed by atoms with Gasteiger partial charge in [-0.25, -0.2) is 0 Å². The van der Waals surface area contributed by atoms with Gasteiger partial charge in [-0.05, 0) is 38.8 Å². The summed E-state index contributed by atoms with van der Waals surface area (Å²) < 4.78 is 5.59. The number of aryl methyl sites for hydroxylation is 1. The van der Waals surface area contributed by atoms with Crippen LogP contribution in [-0.4, -0.2) is 71.1 Å². The smallest absolute Gasteiger partial charge is 0.224 e. The molecule has 3 heterocycles. The molecule has 6 heteroatoms. The normalized spacial score (nSPS) is 22.4. The molecule has 0 unspecified atom stereocenters. The SMILES string of the molecule is O=C(CCN1CCCC1)N1CCOC[C@@H]1CCc1cnccn1. The fourth-order valence-corrected chi connectivity index (χ4v) is 3.40. The van der Waals surface area contributed by atoms with Gasteiger partial charge in [-0.2, -0.15) is 0 Å². The Hall–Kier alpha value is -1.53. The molecule has 0 aromatic carbocycles. The zero-order valence-corrected chi connectivity index (χ0v) is 13.7. The summed E-state index contributed by atoms with van der Waals surface area (Å²) in [6.07, 6.45) is 10.1. The predicted molar refractivity (Wildman–Crippen MR) is 87.0 cm³/mol. The van der Waals surface area contributed by atoms with Crippen LogP contribution in [0.3, 0.4) is 0 Å². The first-order chi connectivity index (χ1) is 11.3.